The number of pyridine rings is 1. The van der Waals surface area contributed by atoms with E-state index in [2.05, 4.69) is 16.0 Å². The van der Waals surface area contributed by atoms with Crippen LogP contribution in [-0.4, -0.2) is 19.1 Å². The zero-order valence-corrected chi connectivity index (χ0v) is 11.3. The Labute approximate surface area is 113 Å². The molecular formula is C15H19N3O. The van der Waals surface area contributed by atoms with Gasteiger partial charge in [0.15, 0.2) is 0 Å². The van der Waals surface area contributed by atoms with Crippen LogP contribution in [0.1, 0.15) is 11.1 Å². The van der Waals surface area contributed by atoms with Gasteiger partial charge in [-0.3, -0.25) is 0 Å². The smallest absolute Gasteiger partial charge is 0.128 e. The summed E-state index contributed by atoms with van der Waals surface area (Å²) < 4.78 is 5.22. The Hall–Kier alpha value is -2.07. The molecule has 0 aliphatic carbocycles. The second-order valence-electron chi connectivity index (χ2n) is 4.44. The molecular weight excluding hydrogens is 238 g/mol. The van der Waals surface area contributed by atoms with E-state index in [9.17, 15) is 0 Å². The molecule has 0 amide bonds. The molecule has 4 heteroatoms. The maximum atomic E-state index is 5.56. The number of methoxy groups -OCH3 is 1. The molecule has 0 spiro atoms. The molecule has 100 valence electrons. The van der Waals surface area contributed by atoms with Crippen LogP contribution in [0.2, 0.25) is 0 Å². The van der Waals surface area contributed by atoms with E-state index in [1.165, 1.54) is 5.56 Å². The summed E-state index contributed by atoms with van der Waals surface area (Å²) in [7, 11) is 3.69. The molecule has 0 saturated heterocycles. The van der Waals surface area contributed by atoms with Gasteiger partial charge in [-0.2, -0.15) is 0 Å². The number of rotatable bonds is 5. The Balaban J connectivity index is 2.08. The van der Waals surface area contributed by atoms with Crippen molar-refractivity contribution >= 4 is 5.82 Å². The first-order valence-electron chi connectivity index (χ1n) is 6.22. The zero-order chi connectivity index (χ0) is 13.7. The number of anilines is 1. The molecule has 0 aliphatic heterocycles. The van der Waals surface area contributed by atoms with Gasteiger partial charge in [0.05, 0.1) is 7.11 Å². The van der Waals surface area contributed by atoms with E-state index in [0.29, 0.717) is 6.54 Å². The van der Waals surface area contributed by atoms with Gasteiger partial charge >= 0.3 is 0 Å². The summed E-state index contributed by atoms with van der Waals surface area (Å²) in [6.45, 7) is 1.30. The molecule has 1 aromatic carbocycles. The van der Waals surface area contributed by atoms with Crippen molar-refractivity contribution < 1.29 is 4.74 Å². The van der Waals surface area contributed by atoms with Gasteiger partial charge in [-0.1, -0.05) is 18.2 Å². The molecule has 19 heavy (non-hydrogen) atoms. The quantitative estimate of drug-likeness (QED) is 0.892. The molecule has 0 radical (unpaired) electrons. The fourth-order valence-corrected chi connectivity index (χ4v) is 1.89. The lowest BCUT2D eigenvalue weighted by Crippen LogP contribution is -2.17. The third kappa shape index (κ3) is 3.45. The molecule has 0 aliphatic rings. The Kier molecular flexibility index (Phi) is 4.36. The maximum Gasteiger partial charge on any atom is 0.128 e. The summed E-state index contributed by atoms with van der Waals surface area (Å²) in [5, 5.41) is 0. The van der Waals surface area contributed by atoms with Crippen LogP contribution in [-0.2, 0) is 13.1 Å². The van der Waals surface area contributed by atoms with Crippen molar-refractivity contribution in [2.75, 3.05) is 19.1 Å². The van der Waals surface area contributed by atoms with Crippen LogP contribution < -0.4 is 15.4 Å². The minimum Gasteiger partial charge on any atom is -0.497 e. The zero-order valence-electron chi connectivity index (χ0n) is 11.3. The molecule has 0 saturated carbocycles. The molecule has 0 fully saturated rings. The Bertz CT molecular complexity index is 525. The Morgan fingerprint density at radius 1 is 1.21 bits per heavy atom. The molecule has 2 aromatic rings. The van der Waals surface area contributed by atoms with E-state index in [4.69, 9.17) is 10.5 Å². The second kappa shape index (κ2) is 6.20. The predicted molar refractivity (Wildman–Crippen MR) is 77.2 cm³/mol. The van der Waals surface area contributed by atoms with Crippen LogP contribution >= 0.6 is 0 Å². The van der Waals surface area contributed by atoms with Crippen molar-refractivity contribution in [2.45, 2.75) is 13.1 Å². The van der Waals surface area contributed by atoms with E-state index in [0.717, 1.165) is 23.7 Å². The standard InChI is InChI=1S/C15H19N3O/c1-18(15-7-6-13(9-16)10-17-15)11-12-4-3-5-14(8-12)19-2/h3-8,10H,9,11,16H2,1-2H3. The second-order valence-corrected chi connectivity index (χ2v) is 4.44. The maximum absolute atomic E-state index is 5.56. The van der Waals surface area contributed by atoms with E-state index < -0.39 is 0 Å². The number of aromatic nitrogens is 1. The van der Waals surface area contributed by atoms with Crippen molar-refractivity contribution in [2.24, 2.45) is 5.73 Å². The summed E-state index contributed by atoms with van der Waals surface area (Å²) in [6.07, 6.45) is 1.82. The topological polar surface area (TPSA) is 51.4 Å². The number of benzene rings is 1. The summed E-state index contributed by atoms with van der Waals surface area (Å²) in [4.78, 5) is 6.50. The third-order valence-corrected chi connectivity index (χ3v) is 2.99. The van der Waals surface area contributed by atoms with Crippen molar-refractivity contribution in [3.8, 4) is 5.75 Å². The minimum atomic E-state index is 0.521. The molecule has 2 rings (SSSR count). The van der Waals surface area contributed by atoms with Gasteiger partial charge in [0.25, 0.3) is 0 Å². The predicted octanol–water partition coefficient (Wildman–Crippen LogP) is 2.19. The van der Waals surface area contributed by atoms with Gasteiger partial charge in [-0.25, -0.2) is 4.98 Å². The van der Waals surface area contributed by atoms with E-state index in [1.807, 2.05) is 43.6 Å². The van der Waals surface area contributed by atoms with E-state index in [-0.39, 0.29) is 0 Å². The third-order valence-electron chi connectivity index (χ3n) is 2.99. The fraction of sp³-hybridized carbons (Fsp3) is 0.267. The minimum absolute atomic E-state index is 0.521. The van der Waals surface area contributed by atoms with Crippen LogP contribution in [0.25, 0.3) is 0 Å². The van der Waals surface area contributed by atoms with Gasteiger partial charge in [-0.15, -0.1) is 0 Å². The highest BCUT2D eigenvalue weighted by Crippen LogP contribution is 2.17. The fourth-order valence-electron chi connectivity index (χ4n) is 1.89. The number of nitrogens with two attached hydrogens (primary N) is 1. The first kappa shape index (κ1) is 13.4. The first-order chi connectivity index (χ1) is 9.22. The Morgan fingerprint density at radius 3 is 2.68 bits per heavy atom. The monoisotopic (exact) mass is 257 g/mol. The number of nitrogens with zero attached hydrogens (tertiary/aromatic N) is 2. The van der Waals surface area contributed by atoms with Crippen molar-refractivity contribution in [1.82, 2.24) is 4.98 Å². The van der Waals surface area contributed by atoms with Crippen LogP contribution in [0.5, 0.6) is 5.75 Å². The molecule has 2 N–H and O–H groups in total. The lowest BCUT2D eigenvalue weighted by molar-refractivity contribution is 0.414. The van der Waals surface area contributed by atoms with Gasteiger partial charge in [0.1, 0.15) is 11.6 Å². The van der Waals surface area contributed by atoms with E-state index in [1.54, 1.807) is 7.11 Å². The van der Waals surface area contributed by atoms with Gasteiger partial charge in [0.2, 0.25) is 0 Å². The van der Waals surface area contributed by atoms with Gasteiger partial charge in [-0.05, 0) is 29.3 Å². The van der Waals surface area contributed by atoms with E-state index >= 15 is 0 Å². The molecule has 4 nitrogen and oxygen atoms in total. The average molecular weight is 257 g/mol. The Morgan fingerprint density at radius 2 is 2.05 bits per heavy atom. The average Bonchev–Trinajstić information content (AvgIpc) is 2.47. The number of hydrogen-bond acceptors (Lipinski definition) is 4. The number of ether oxygens (including phenoxy) is 1. The summed E-state index contributed by atoms with van der Waals surface area (Å²) in [5.74, 6) is 1.80. The highest BCUT2D eigenvalue weighted by molar-refractivity contribution is 5.40. The molecule has 1 aromatic heterocycles. The first-order valence-corrected chi connectivity index (χ1v) is 6.22. The number of hydrogen-bond donors (Lipinski definition) is 1. The molecule has 1 heterocycles. The highest BCUT2D eigenvalue weighted by Gasteiger charge is 2.04. The molecule has 0 unspecified atom stereocenters. The summed E-state index contributed by atoms with van der Waals surface area (Å²) in [6, 6.07) is 12.0. The van der Waals surface area contributed by atoms with Crippen molar-refractivity contribution in [1.29, 1.82) is 0 Å². The van der Waals surface area contributed by atoms with Gasteiger partial charge in [0, 0.05) is 26.3 Å². The van der Waals surface area contributed by atoms with Crippen molar-refractivity contribution in [3.63, 3.8) is 0 Å². The van der Waals surface area contributed by atoms with Crippen LogP contribution in [0, 0.1) is 0 Å². The lowest BCUT2D eigenvalue weighted by atomic mass is 10.2. The normalized spacial score (nSPS) is 10.3. The SMILES string of the molecule is COc1cccc(CN(C)c2ccc(CN)cn2)c1. The van der Waals surface area contributed by atoms with Crippen LogP contribution in [0.4, 0.5) is 5.82 Å². The lowest BCUT2D eigenvalue weighted by Gasteiger charge is -2.18. The largest absolute Gasteiger partial charge is 0.497 e. The van der Waals surface area contributed by atoms with Gasteiger partial charge < -0.3 is 15.4 Å². The molecule has 0 atom stereocenters. The van der Waals surface area contributed by atoms with Crippen LogP contribution in [0.3, 0.4) is 0 Å². The van der Waals surface area contributed by atoms with Crippen LogP contribution in [0.15, 0.2) is 42.6 Å². The molecule has 0 bridgehead atoms. The summed E-state index contributed by atoms with van der Waals surface area (Å²) >= 11 is 0. The highest BCUT2D eigenvalue weighted by atomic mass is 16.5. The summed E-state index contributed by atoms with van der Waals surface area (Å²) in [5.41, 5.74) is 7.79. The van der Waals surface area contributed by atoms with Crippen molar-refractivity contribution in [3.05, 3.63) is 53.7 Å².